The van der Waals surface area contributed by atoms with Crippen LogP contribution >= 0.6 is 12.2 Å². The number of nitrogens with one attached hydrogen (secondary N) is 3. The first kappa shape index (κ1) is 26.1. The molecule has 0 aliphatic rings. The molecule has 0 bridgehead atoms. The van der Waals surface area contributed by atoms with Gasteiger partial charge in [0.1, 0.15) is 18.1 Å². The molecule has 8 nitrogen and oxygen atoms in total. The fourth-order valence-electron chi connectivity index (χ4n) is 2.76. The largest absolute Gasteiger partial charge is 0.494 e. The lowest BCUT2D eigenvalue weighted by atomic mass is 10.2. The lowest BCUT2D eigenvalue weighted by molar-refractivity contribution is 0.0934. The van der Waals surface area contributed by atoms with Gasteiger partial charge in [-0.2, -0.15) is 0 Å². The number of rotatable bonds is 12. The Morgan fingerprint density at radius 2 is 1.33 bits per heavy atom. The highest BCUT2D eigenvalue weighted by molar-refractivity contribution is 7.80. The average Bonchev–Trinajstić information content (AvgIpc) is 2.83. The summed E-state index contributed by atoms with van der Waals surface area (Å²) in [5.74, 6) is 0.544. The van der Waals surface area contributed by atoms with E-state index in [2.05, 4.69) is 23.1 Å². The topological polar surface area (TPSA) is 97.9 Å². The normalized spacial score (nSPS) is 10.2. The molecule has 0 atom stereocenters. The first-order valence-electron chi connectivity index (χ1n) is 10.9. The van der Waals surface area contributed by atoms with Gasteiger partial charge in [0.2, 0.25) is 0 Å². The minimum Gasteiger partial charge on any atom is -0.494 e. The summed E-state index contributed by atoms with van der Waals surface area (Å²) in [5.41, 5.74) is 5.82. The fourth-order valence-corrected chi connectivity index (χ4v) is 2.90. The van der Waals surface area contributed by atoms with Crippen LogP contribution in [0, 0.1) is 0 Å². The molecular formula is C24H31N3O5S. The summed E-state index contributed by atoms with van der Waals surface area (Å²) in [4.78, 5) is 24.6. The summed E-state index contributed by atoms with van der Waals surface area (Å²) in [5, 5.41) is 2.48. The molecule has 0 aliphatic carbocycles. The number of hydrogen-bond donors (Lipinski definition) is 3. The van der Waals surface area contributed by atoms with Crippen LogP contribution < -0.4 is 25.6 Å². The zero-order valence-corrected chi connectivity index (χ0v) is 19.8. The molecule has 0 spiro atoms. The summed E-state index contributed by atoms with van der Waals surface area (Å²) in [6.07, 6.45) is 4.54. The Balaban J connectivity index is 1.72. The first-order chi connectivity index (χ1) is 16.0. The van der Waals surface area contributed by atoms with E-state index in [1.165, 1.54) is 12.8 Å². The molecule has 0 fully saturated rings. The lowest BCUT2D eigenvalue weighted by Crippen LogP contribution is -2.48. The summed E-state index contributed by atoms with van der Waals surface area (Å²) in [6.45, 7) is 3.72. The van der Waals surface area contributed by atoms with Gasteiger partial charge in [0.25, 0.3) is 11.8 Å². The van der Waals surface area contributed by atoms with Crippen molar-refractivity contribution in [3.63, 3.8) is 0 Å². The summed E-state index contributed by atoms with van der Waals surface area (Å²) < 4.78 is 16.1. The Morgan fingerprint density at radius 3 is 1.91 bits per heavy atom. The molecule has 33 heavy (non-hydrogen) atoms. The minimum absolute atomic E-state index is 0.0270. The highest BCUT2D eigenvalue weighted by atomic mass is 32.1. The predicted octanol–water partition coefficient (Wildman–Crippen LogP) is 3.62. The summed E-state index contributed by atoms with van der Waals surface area (Å²) in [6, 6.07) is 13.4. The van der Waals surface area contributed by atoms with Crippen LogP contribution in [0.5, 0.6) is 11.5 Å². The van der Waals surface area contributed by atoms with Crippen molar-refractivity contribution in [2.24, 2.45) is 0 Å². The van der Waals surface area contributed by atoms with Gasteiger partial charge in [-0.05, 0) is 67.2 Å². The van der Waals surface area contributed by atoms with Crippen molar-refractivity contribution in [3.8, 4) is 11.5 Å². The summed E-state index contributed by atoms with van der Waals surface area (Å²) in [7, 11) is 1.60. The second kappa shape index (κ2) is 14.8. The van der Waals surface area contributed by atoms with Crippen LogP contribution in [-0.4, -0.2) is 43.9 Å². The van der Waals surface area contributed by atoms with E-state index in [4.69, 9.17) is 26.4 Å². The molecule has 0 unspecified atom stereocenters. The number of benzene rings is 2. The standard InChI is InChI=1S/C24H31N3O5S/c1-3-4-5-6-15-31-20-13-9-19(10-14-20)23(29)26-27-24(33)25-22(28)18-7-11-21(12-8-18)32-17-16-30-2/h7-14H,3-6,15-17H2,1-2H3,(H,26,29)(H2,25,27,28,33). The third kappa shape index (κ3) is 9.88. The average molecular weight is 474 g/mol. The van der Waals surface area contributed by atoms with E-state index >= 15 is 0 Å². The van der Waals surface area contributed by atoms with Crippen molar-refractivity contribution in [1.29, 1.82) is 0 Å². The molecule has 9 heteroatoms. The number of carbonyl (C=O) groups excluding carboxylic acids is 2. The van der Waals surface area contributed by atoms with Crippen molar-refractivity contribution in [3.05, 3.63) is 59.7 Å². The van der Waals surface area contributed by atoms with Gasteiger partial charge >= 0.3 is 0 Å². The Morgan fingerprint density at radius 1 is 0.758 bits per heavy atom. The van der Waals surface area contributed by atoms with E-state index in [1.807, 2.05) is 0 Å². The molecule has 2 aromatic carbocycles. The maximum Gasteiger partial charge on any atom is 0.269 e. The van der Waals surface area contributed by atoms with Crippen LogP contribution in [0.4, 0.5) is 0 Å². The van der Waals surface area contributed by atoms with Gasteiger partial charge in [-0.25, -0.2) is 0 Å². The quantitative estimate of drug-likeness (QED) is 0.246. The molecule has 0 saturated carbocycles. The van der Waals surface area contributed by atoms with Gasteiger partial charge in [-0.15, -0.1) is 0 Å². The number of unbranched alkanes of at least 4 members (excludes halogenated alkanes) is 3. The molecule has 0 aromatic heterocycles. The predicted molar refractivity (Wildman–Crippen MR) is 131 cm³/mol. The van der Waals surface area contributed by atoms with E-state index < -0.39 is 11.8 Å². The second-order valence-electron chi connectivity index (χ2n) is 7.16. The van der Waals surface area contributed by atoms with Gasteiger partial charge in [0.05, 0.1) is 13.2 Å². The van der Waals surface area contributed by atoms with Gasteiger partial charge < -0.3 is 14.2 Å². The summed E-state index contributed by atoms with van der Waals surface area (Å²) >= 11 is 5.08. The van der Waals surface area contributed by atoms with Crippen LogP contribution in [0.15, 0.2) is 48.5 Å². The Hall–Kier alpha value is -3.17. The lowest BCUT2D eigenvalue weighted by Gasteiger charge is -2.12. The maximum atomic E-state index is 12.3. The van der Waals surface area contributed by atoms with Crippen LogP contribution in [-0.2, 0) is 4.74 Å². The van der Waals surface area contributed by atoms with Crippen molar-refractivity contribution in [2.75, 3.05) is 26.9 Å². The van der Waals surface area contributed by atoms with Crippen LogP contribution in [0.2, 0.25) is 0 Å². The van der Waals surface area contributed by atoms with E-state index in [1.54, 1.807) is 55.6 Å². The number of carbonyl (C=O) groups is 2. The molecule has 2 aromatic rings. The first-order valence-corrected chi connectivity index (χ1v) is 11.3. The Kier molecular flexibility index (Phi) is 11.7. The third-order valence-corrected chi connectivity index (χ3v) is 4.78. The van der Waals surface area contributed by atoms with Gasteiger partial charge in [0, 0.05) is 18.2 Å². The number of methoxy groups -OCH3 is 1. The van der Waals surface area contributed by atoms with Gasteiger partial charge in [0.15, 0.2) is 5.11 Å². The third-order valence-electron chi connectivity index (χ3n) is 4.57. The van der Waals surface area contributed by atoms with Crippen LogP contribution in [0.25, 0.3) is 0 Å². The van der Waals surface area contributed by atoms with Gasteiger partial charge in [-0.3, -0.25) is 25.8 Å². The second-order valence-corrected chi connectivity index (χ2v) is 7.57. The van der Waals surface area contributed by atoms with E-state index in [0.29, 0.717) is 42.4 Å². The molecule has 0 radical (unpaired) electrons. The van der Waals surface area contributed by atoms with E-state index in [0.717, 1.165) is 12.8 Å². The Bertz CT molecular complexity index is 888. The van der Waals surface area contributed by atoms with Crippen molar-refractivity contribution >= 4 is 29.1 Å². The van der Waals surface area contributed by atoms with Crippen LogP contribution in [0.1, 0.15) is 53.3 Å². The Labute approximate surface area is 200 Å². The SMILES string of the molecule is CCCCCCOc1ccc(C(=O)NNC(=S)NC(=O)c2ccc(OCCOC)cc2)cc1. The zero-order chi connectivity index (χ0) is 23.9. The number of hydrogen-bond acceptors (Lipinski definition) is 6. The van der Waals surface area contributed by atoms with Crippen molar-refractivity contribution in [2.45, 2.75) is 32.6 Å². The minimum atomic E-state index is -0.411. The molecule has 0 saturated heterocycles. The van der Waals surface area contributed by atoms with E-state index in [9.17, 15) is 9.59 Å². The molecule has 0 aliphatic heterocycles. The number of hydrazine groups is 1. The highest BCUT2D eigenvalue weighted by Gasteiger charge is 2.10. The number of amides is 2. The monoisotopic (exact) mass is 473 g/mol. The number of thiocarbonyl (C=S) groups is 1. The van der Waals surface area contributed by atoms with Crippen molar-refractivity contribution < 1.29 is 23.8 Å². The van der Waals surface area contributed by atoms with Gasteiger partial charge in [-0.1, -0.05) is 26.2 Å². The molecule has 178 valence electrons. The molecule has 2 amide bonds. The fraction of sp³-hybridized carbons (Fsp3) is 0.375. The molecule has 0 heterocycles. The van der Waals surface area contributed by atoms with Crippen LogP contribution in [0.3, 0.4) is 0 Å². The van der Waals surface area contributed by atoms with Crippen molar-refractivity contribution in [1.82, 2.24) is 16.2 Å². The zero-order valence-electron chi connectivity index (χ0n) is 19.0. The molecular weight excluding hydrogens is 442 g/mol. The smallest absolute Gasteiger partial charge is 0.269 e. The maximum absolute atomic E-state index is 12.3. The van der Waals surface area contributed by atoms with E-state index in [-0.39, 0.29) is 5.11 Å². The highest BCUT2D eigenvalue weighted by Crippen LogP contribution is 2.13. The molecule has 3 N–H and O–H groups in total. The number of ether oxygens (including phenoxy) is 3. The molecule has 2 rings (SSSR count).